The van der Waals surface area contributed by atoms with Crippen molar-refractivity contribution in [3.63, 3.8) is 0 Å². The zero-order chi connectivity index (χ0) is 28.3. The van der Waals surface area contributed by atoms with Gasteiger partial charge in [0.1, 0.15) is 12.2 Å². The molecule has 0 aromatic heterocycles. The van der Waals surface area contributed by atoms with E-state index >= 15 is 0 Å². The van der Waals surface area contributed by atoms with Crippen LogP contribution >= 0.6 is 51.3 Å². The lowest BCUT2D eigenvalue weighted by Crippen LogP contribution is -2.54. The number of carboxylic acid groups (broad SMARTS) is 1. The van der Waals surface area contributed by atoms with Crippen molar-refractivity contribution >= 4 is 86.0 Å². The summed E-state index contributed by atoms with van der Waals surface area (Å²) < 4.78 is 12.3. The average molecular weight is 650 g/mol. The van der Waals surface area contributed by atoms with E-state index < -0.39 is 17.8 Å². The third-order valence-corrected chi connectivity index (χ3v) is 7.08. The smallest absolute Gasteiger partial charge is 0.335 e. The Morgan fingerprint density at radius 1 is 1.10 bits per heavy atom. The van der Waals surface area contributed by atoms with Gasteiger partial charge in [0.05, 0.1) is 32.4 Å². The molecule has 0 saturated carbocycles. The van der Waals surface area contributed by atoms with Crippen LogP contribution < -0.4 is 19.7 Å². The van der Waals surface area contributed by atoms with Crippen LogP contribution in [0.15, 0.2) is 64.6 Å². The Hall–Kier alpha value is -3.44. The van der Waals surface area contributed by atoms with Crippen molar-refractivity contribution < 1.29 is 29.0 Å². The van der Waals surface area contributed by atoms with Crippen LogP contribution in [0, 0.1) is 0 Å². The predicted octanol–water partition coefficient (Wildman–Crippen LogP) is 6.26. The van der Waals surface area contributed by atoms with E-state index in [0.717, 1.165) is 10.5 Å². The first-order chi connectivity index (χ1) is 18.6. The maximum Gasteiger partial charge on any atom is 0.335 e. The average Bonchev–Trinajstić information content (AvgIpc) is 2.88. The van der Waals surface area contributed by atoms with Gasteiger partial charge in [-0.3, -0.25) is 19.8 Å². The second kappa shape index (κ2) is 12.2. The third-order valence-electron chi connectivity index (χ3n) is 5.46. The lowest BCUT2D eigenvalue weighted by molar-refractivity contribution is -0.122. The predicted molar refractivity (Wildman–Crippen MR) is 156 cm³/mol. The van der Waals surface area contributed by atoms with E-state index in [2.05, 4.69) is 21.2 Å². The van der Waals surface area contributed by atoms with E-state index in [4.69, 9.17) is 44.9 Å². The highest BCUT2D eigenvalue weighted by Crippen LogP contribution is 2.38. The largest absolute Gasteiger partial charge is 0.490 e. The first-order valence-corrected chi connectivity index (χ1v) is 13.3. The van der Waals surface area contributed by atoms with Gasteiger partial charge in [0.25, 0.3) is 11.8 Å². The molecule has 0 unspecified atom stereocenters. The number of thiocarbonyl (C=S) groups is 1. The van der Waals surface area contributed by atoms with Gasteiger partial charge in [-0.2, -0.15) is 0 Å². The first kappa shape index (κ1) is 28.6. The van der Waals surface area contributed by atoms with E-state index in [1.165, 1.54) is 30.3 Å². The van der Waals surface area contributed by atoms with Gasteiger partial charge in [-0.1, -0.05) is 35.3 Å². The number of nitrogens with zero attached hydrogens (tertiary/aromatic N) is 1. The van der Waals surface area contributed by atoms with Crippen LogP contribution in [0.5, 0.6) is 11.5 Å². The molecule has 39 heavy (non-hydrogen) atoms. The normalized spacial score (nSPS) is 14.4. The summed E-state index contributed by atoms with van der Waals surface area (Å²) in [5, 5.41) is 12.5. The number of nitrogens with one attached hydrogen (secondary N) is 1. The van der Waals surface area contributed by atoms with E-state index in [9.17, 15) is 19.5 Å². The lowest BCUT2D eigenvalue weighted by atomic mass is 10.1. The number of anilines is 1. The molecule has 3 aromatic carbocycles. The van der Waals surface area contributed by atoms with Crippen molar-refractivity contribution in [2.45, 2.75) is 13.5 Å². The van der Waals surface area contributed by atoms with Crippen LogP contribution in [0.1, 0.15) is 28.4 Å². The van der Waals surface area contributed by atoms with Crippen LogP contribution in [0.4, 0.5) is 5.69 Å². The summed E-state index contributed by atoms with van der Waals surface area (Å²) in [5.74, 6) is -1.77. The van der Waals surface area contributed by atoms with Gasteiger partial charge in [0.15, 0.2) is 16.6 Å². The quantitative estimate of drug-likeness (QED) is 0.169. The Morgan fingerprint density at radius 2 is 1.87 bits per heavy atom. The Balaban J connectivity index is 1.66. The molecule has 0 aliphatic carbocycles. The van der Waals surface area contributed by atoms with E-state index in [-0.39, 0.29) is 28.5 Å². The molecule has 3 aromatic rings. The number of carboxylic acids is 1. The molecule has 0 atom stereocenters. The zero-order valence-corrected chi connectivity index (χ0v) is 24.1. The Labute approximate surface area is 247 Å². The third kappa shape index (κ3) is 6.42. The van der Waals surface area contributed by atoms with Crippen LogP contribution in [0.25, 0.3) is 6.08 Å². The molecule has 1 aliphatic rings. The molecule has 1 heterocycles. The van der Waals surface area contributed by atoms with Gasteiger partial charge in [-0.05, 0) is 94.7 Å². The number of hydrogen-bond acceptors (Lipinski definition) is 6. The fourth-order valence-corrected chi connectivity index (χ4v) is 4.87. The fourth-order valence-electron chi connectivity index (χ4n) is 3.70. The number of benzene rings is 3. The number of rotatable bonds is 8. The van der Waals surface area contributed by atoms with Crippen LogP contribution in [0.2, 0.25) is 10.0 Å². The van der Waals surface area contributed by atoms with Crippen LogP contribution in [-0.2, 0) is 16.2 Å². The lowest BCUT2D eigenvalue weighted by Gasteiger charge is -2.29. The van der Waals surface area contributed by atoms with Crippen molar-refractivity contribution in [1.82, 2.24) is 5.32 Å². The van der Waals surface area contributed by atoms with Crippen molar-refractivity contribution in [3.8, 4) is 11.5 Å². The van der Waals surface area contributed by atoms with Crippen molar-refractivity contribution in [2.24, 2.45) is 0 Å². The summed E-state index contributed by atoms with van der Waals surface area (Å²) in [5.41, 5.74) is 1.23. The number of carbonyl (C=O) groups excluding carboxylic acids is 2. The molecule has 8 nitrogen and oxygen atoms in total. The van der Waals surface area contributed by atoms with Gasteiger partial charge >= 0.3 is 5.97 Å². The van der Waals surface area contributed by atoms with Gasteiger partial charge in [0.2, 0.25) is 0 Å². The SMILES string of the molecule is CCOc1cc(C=C2C(=O)NC(=S)N(c3cccc(C(=O)O)c3)C2=O)cc(Br)c1OCc1ccc(Cl)c(Cl)c1. The number of carbonyl (C=O) groups is 3. The summed E-state index contributed by atoms with van der Waals surface area (Å²) in [6, 6.07) is 14.2. The summed E-state index contributed by atoms with van der Waals surface area (Å²) in [7, 11) is 0. The van der Waals surface area contributed by atoms with Crippen LogP contribution in [-0.4, -0.2) is 34.6 Å². The first-order valence-electron chi connectivity index (χ1n) is 11.4. The topological polar surface area (TPSA) is 105 Å². The Kier molecular flexibility index (Phi) is 8.91. The molecule has 2 N–H and O–H groups in total. The minimum Gasteiger partial charge on any atom is -0.490 e. The molecular formula is C27H19BrCl2N2O6S. The summed E-state index contributed by atoms with van der Waals surface area (Å²) >= 11 is 20.8. The second-order valence-electron chi connectivity index (χ2n) is 8.11. The molecule has 4 rings (SSSR count). The maximum atomic E-state index is 13.4. The van der Waals surface area contributed by atoms with Gasteiger partial charge < -0.3 is 14.6 Å². The highest BCUT2D eigenvalue weighted by Gasteiger charge is 2.35. The van der Waals surface area contributed by atoms with Gasteiger partial charge in [-0.15, -0.1) is 0 Å². The number of halogens is 3. The monoisotopic (exact) mass is 648 g/mol. The highest BCUT2D eigenvalue weighted by molar-refractivity contribution is 9.10. The summed E-state index contributed by atoms with van der Waals surface area (Å²) in [6.45, 7) is 2.32. The summed E-state index contributed by atoms with van der Waals surface area (Å²) in [6.07, 6.45) is 1.39. The minimum atomic E-state index is -1.16. The molecule has 200 valence electrons. The number of amides is 2. The second-order valence-corrected chi connectivity index (χ2v) is 10.2. The molecule has 0 radical (unpaired) electrons. The number of hydrogen-bond donors (Lipinski definition) is 2. The van der Waals surface area contributed by atoms with E-state index in [1.54, 1.807) is 30.3 Å². The molecule has 12 heteroatoms. The summed E-state index contributed by atoms with van der Waals surface area (Å²) in [4.78, 5) is 38.6. The van der Waals surface area contributed by atoms with E-state index in [0.29, 0.717) is 38.2 Å². The number of aromatic carboxylic acids is 1. The van der Waals surface area contributed by atoms with Gasteiger partial charge in [-0.25, -0.2) is 4.79 Å². The molecule has 1 aliphatic heterocycles. The molecule has 1 saturated heterocycles. The van der Waals surface area contributed by atoms with Crippen molar-refractivity contribution in [3.05, 3.63) is 91.4 Å². The fraction of sp³-hybridized carbons (Fsp3) is 0.111. The van der Waals surface area contributed by atoms with Gasteiger partial charge in [0, 0.05) is 0 Å². The molecular weight excluding hydrogens is 631 g/mol. The maximum absolute atomic E-state index is 13.4. The Bertz CT molecular complexity index is 1540. The minimum absolute atomic E-state index is 0.0349. The van der Waals surface area contributed by atoms with E-state index in [1.807, 2.05) is 6.92 Å². The van der Waals surface area contributed by atoms with Crippen molar-refractivity contribution in [1.29, 1.82) is 0 Å². The van der Waals surface area contributed by atoms with Crippen LogP contribution in [0.3, 0.4) is 0 Å². The molecule has 1 fully saturated rings. The standard InChI is InChI=1S/C27H19BrCl2N2O6S/c1-2-37-22-11-15(9-19(28)23(22)38-13-14-6-7-20(29)21(30)10-14)8-18-24(33)31-27(39)32(25(18)34)17-5-3-4-16(12-17)26(35)36/h3-12H,2,13H2,1H3,(H,35,36)(H,31,33,39). The molecule has 2 amide bonds. The zero-order valence-electron chi connectivity index (χ0n) is 20.2. The number of ether oxygens (including phenoxy) is 2. The Morgan fingerprint density at radius 3 is 2.56 bits per heavy atom. The molecule has 0 spiro atoms. The highest BCUT2D eigenvalue weighted by atomic mass is 79.9. The molecule has 0 bridgehead atoms. The van der Waals surface area contributed by atoms with Crippen molar-refractivity contribution in [2.75, 3.05) is 11.5 Å².